The number of nitrogens with zero attached hydrogens (tertiary/aromatic N) is 3. The zero-order valence-electron chi connectivity index (χ0n) is 24.2. The highest BCUT2D eigenvalue weighted by Gasteiger charge is 2.29. The van der Waals surface area contributed by atoms with E-state index < -0.39 is 6.36 Å². The third-order valence-corrected chi connectivity index (χ3v) is 8.10. The average molecular weight is 589 g/mol. The number of pyridine rings is 1. The number of hydrogen-bond donors (Lipinski definition) is 2. The number of halogens is 1. The van der Waals surface area contributed by atoms with E-state index in [1.807, 2.05) is 12.1 Å². The molecule has 2 aliphatic rings. The molecule has 2 N–H and O–H groups in total. The molecule has 0 radical (unpaired) electrons. The number of Topliss-reactive ketones (excluding diaryl/α,β-unsaturated/α-hetero) is 1. The van der Waals surface area contributed by atoms with Crippen molar-refractivity contribution in [1.29, 1.82) is 0 Å². The highest BCUT2D eigenvalue weighted by Crippen LogP contribution is 2.24. The quantitative estimate of drug-likeness (QED) is 0.351. The molecule has 1 unspecified atom stereocenters. The number of phenolic OH excluding ortho intramolecular Hbond substituents is 1. The summed E-state index contributed by atoms with van der Waals surface area (Å²) in [6.45, 7) is 4.71. The number of aromatic nitrogens is 1. The number of amides is 2. The van der Waals surface area contributed by atoms with Gasteiger partial charge in [-0.25, -0.2) is 4.39 Å². The number of ether oxygens (including phenoxy) is 1. The van der Waals surface area contributed by atoms with E-state index in [2.05, 4.69) is 15.2 Å². The van der Waals surface area contributed by atoms with Gasteiger partial charge < -0.3 is 20.1 Å². The molecule has 2 aromatic carbocycles. The highest BCUT2D eigenvalue weighted by molar-refractivity contribution is 5.99. The first-order valence-electron chi connectivity index (χ1n) is 14.8. The van der Waals surface area contributed by atoms with E-state index in [9.17, 15) is 23.9 Å². The lowest BCUT2D eigenvalue weighted by atomic mass is 9.88. The van der Waals surface area contributed by atoms with E-state index in [0.717, 1.165) is 38.0 Å². The van der Waals surface area contributed by atoms with Gasteiger partial charge >= 0.3 is 0 Å². The number of piperidine rings is 2. The second kappa shape index (κ2) is 13.8. The average Bonchev–Trinajstić information content (AvgIpc) is 3.02. The molecule has 0 spiro atoms. The lowest BCUT2D eigenvalue weighted by Crippen LogP contribution is -2.44. The normalized spacial score (nSPS) is 17.3. The van der Waals surface area contributed by atoms with E-state index >= 15 is 0 Å². The zero-order chi connectivity index (χ0) is 30.3. The van der Waals surface area contributed by atoms with Crippen LogP contribution in [0.3, 0.4) is 0 Å². The van der Waals surface area contributed by atoms with Crippen LogP contribution in [0, 0.1) is 5.92 Å². The van der Waals surface area contributed by atoms with Crippen molar-refractivity contribution in [3.05, 3.63) is 89.2 Å². The second-order valence-corrected chi connectivity index (χ2v) is 11.2. The Morgan fingerprint density at radius 1 is 0.930 bits per heavy atom. The van der Waals surface area contributed by atoms with Crippen molar-refractivity contribution in [2.45, 2.75) is 51.6 Å². The van der Waals surface area contributed by atoms with Gasteiger partial charge in [-0.1, -0.05) is 12.1 Å². The number of alkyl halides is 1. The maximum atomic E-state index is 13.0. The van der Waals surface area contributed by atoms with Crippen molar-refractivity contribution in [2.75, 3.05) is 26.2 Å². The van der Waals surface area contributed by atoms with Crippen LogP contribution in [0.2, 0.25) is 0 Å². The fraction of sp³-hybridized carbons (Fsp3) is 0.394. The van der Waals surface area contributed by atoms with E-state index in [0.29, 0.717) is 42.8 Å². The fourth-order valence-electron chi connectivity index (χ4n) is 5.65. The largest absolute Gasteiger partial charge is 0.508 e. The Morgan fingerprint density at radius 2 is 1.58 bits per heavy atom. The van der Waals surface area contributed by atoms with Crippen molar-refractivity contribution in [3.63, 3.8) is 0 Å². The van der Waals surface area contributed by atoms with Crippen molar-refractivity contribution in [2.24, 2.45) is 5.92 Å². The van der Waals surface area contributed by atoms with Gasteiger partial charge in [0.05, 0.1) is 5.56 Å². The molecule has 1 aromatic heterocycles. The molecule has 43 heavy (non-hydrogen) atoms. The summed E-state index contributed by atoms with van der Waals surface area (Å²) in [5.41, 5.74) is 2.36. The van der Waals surface area contributed by atoms with Gasteiger partial charge in [0, 0.05) is 63.4 Å². The van der Waals surface area contributed by atoms with Crippen LogP contribution in [0.1, 0.15) is 69.4 Å². The maximum absolute atomic E-state index is 13.0. The molecule has 2 fully saturated rings. The SMILES string of the molecule is CC(F)Oc1ccc(CN2CCC(NC(=O)c3ccc(C(=O)N4CCC(C(=O)c5ccc(O)cc5)CC4)nc3)CC2)cc1. The van der Waals surface area contributed by atoms with Crippen LogP contribution in [0.25, 0.3) is 0 Å². The molecule has 0 bridgehead atoms. The van der Waals surface area contributed by atoms with Crippen LogP contribution in [0.5, 0.6) is 11.5 Å². The third kappa shape index (κ3) is 7.95. The number of carbonyl (C=O) groups excluding carboxylic acids is 3. The first-order chi connectivity index (χ1) is 20.7. The summed E-state index contributed by atoms with van der Waals surface area (Å²) in [7, 11) is 0. The molecule has 10 heteroatoms. The minimum atomic E-state index is -1.34. The Labute approximate surface area is 250 Å². The first kappa shape index (κ1) is 30.2. The van der Waals surface area contributed by atoms with Crippen LogP contribution in [-0.2, 0) is 6.54 Å². The lowest BCUT2D eigenvalue weighted by Gasteiger charge is -2.32. The number of aromatic hydroxyl groups is 1. The van der Waals surface area contributed by atoms with E-state index in [4.69, 9.17) is 4.74 Å². The van der Waals surface area contributed by atoms with Gasteiger partial charge in [-0.15, -0.1) is 0 Å². The monoisotopic (exact) mass is 588 g/mol. The van der Waals surface area contributed by atoms with Crippen LogP contribution in [0.15, 0.2) is 66.9 Å². The Balaban J connectivity index is 1.05. The Kier molecular flexibility index (Phi) is 9.66. The van der Waals surface area contributed by atoms with E-state index in [1.165, 1.54) is 25.3 Å². The van der Waals surface area contributed by atoms with Crippen LogP contribution in [0.4, 0.5) is 4.39 Å². The molecule has 226 valence electrons. The zero-order valence-corrected chi connectivity index (χ0v) is 24.2. The Hall–Kier alpha value is -4.31. The molecule has 2 saturated heterocycles. The highest BCUT2D eigenvalue weighted by atomic mass is 19.1. The molecule has 5 rings (SSSR count). The van der Waals surface area contributed by atoms with Crippen molar-refractivity contribution >= 4 is 17.6 Å². The number of likely N-dealkylation sites (tertiary alicyclic amines) is 2. The number of nitrogens with one attached hydrogen (secondary N) is 1. The third-order valence-electron chi connectivity index (χ3n) is 8.10. The van der Waals surface area contributed by atoms with Gasteiger partial charge in [0.15, 0.2) is 5.78 Å². The van der Waals surface area contributed by atoms with Crippen LogP contribution >= 0.6 is 0 Å². The number of ketones is 1. The predicted octanol–water partition coefficient (Wildman–Crippen LogP) is 4.61. The lowest BCUT2D eigenvalue weighted by molar-refractivity contribution is 0.0645. The number of rotatable bonds is 9. The number of phenols is 1. The first-order valence-corrected chi connectivity index (χ1v) is 14.8. The van der Waals surface area contributed by atoms with Gasteiger partial charge in [0.2, 0.25) is 6.36 Å². The van der Waals surface area contributed by atoms with E-state index in [1.54, 1.807) is 41.3 Å². The molecule has 2 aliphatic heterocycles. The molecule has 1 atom stereocenters. The molecular weight excluding hydrogens is 551 g/mol. The smallest absolute Gasteiger partial charge is 0.272 e. The second-order valence-electron chi connectivity index (χ2n) is 11.2. The summed E-state index contributed by atoms with van der Waals surface area (Å²) in [5, 5.41) is 12.5. The van der Waals surface area contributed by atoms with Gasteiger partial charge in [-0.05, 0) is 79.8 Å². The van der Waals surface area contributed by atoms with Gasteiger partial charge in [0.25, 0.3) is 11.8 Å². The van der Waals surface area contributed by atoms with Crippen LogP contribution in [-0.4, -0.2) is 76.1 Å². The summed E-state index contributed by atoms with van der Waals surface area (Å²) >= 11 is 0. The predicted molar refractivity (Wildman–Crippen MR) is 159 cm³/mol. The van der Waals surface area contributed by atoms with Crippen molar-refractivity contribution in [3.8, 4) is 11.5 Å². The van der Waals surface area contributed by atoms with E-state index in [-0.39, 0.29) is 41.0 Å². The number of benzene rings is 2. The molecule has 2 amide bonds. The fourth-order valence-corrected chi connectivity index (χ4v) is 5.65. The van der Waals surface area contributed by atoms with Crippen molar-refractivity contribution in [1.82, 2.24) is 20.1 Å². The minimum absolute atomic E-state index is 0.0253. The van der Waals surface area contributed by atoms with Gasteiger partial charge in [-0.2, -0.15) is 0 Å². The summed E-state index contributed by atoms with van der Waals surface area (Å²) in [5.74, 6) is 0.0559. The van der Waals surface area contributed by atoms with Crippen molar-refractivity contribution < 1.29 is 28.6 Å². The maximum Gasteiger partial charge on any atom is 0.272 e. The Morgan fingerprint density at radius 3 is 2.19 bits per heavy atom. The molecule has 3 aromatic rings. The summed E-state index contributed by atoms with van der Waals surface area (Å²) in [4.78, 5) is 47.0. The number of hydrogen-bond acceptors (Lipinski definition) is 7. The molecule has 0 saturated carbocycles. The van der Waals surface area contributed by atoms with Gasteiger partial charge in [0.1, 0.15) is 17.2 Å². The number of carbonyl (C=O) groups is 3. The topological polar surface area (TPSA) is 112 Å². The molecule has 0 aliphatic carbocycles. The van der Waals surface area contributed by atoms with Gasteiger partial charge in [-0.3, -0.25) is 24.3 Å². The molecular formula is C33H37FN4O5. The molecule has 9 nitrogen and oxygen atoms in total. The summed E-state index contributed by atoms with van der Waals surface area (Å²) in [6.07, 6.45) is 2.86. The minimum Gasteiger partial charge on any atom is -0.508 e. The van der Waals surface area contributed by atoms with Crippen LogP contribution < -0.4 is 10.1 Å². The molecule has 3 heterocycles. The summed E-state index contributed by atoms with van der Waals surface area (Å²) < 4.78 is 18.1. The Bertz CT molecular complexity index is 1400. The summed E-state index contributed by atoms with van der Waals surface area (Å²) in [6, 6.07) is 16.9. The standard InChI is InChI=1S/C33H37FN4O5/c1-22(34)43-29-9-2-23(3-10-29)21-37-16-14-27(15-17-37)36-32(41)26-6-11-30(35-20-26)33(42)38-18-12-25(13-19-38)31(40)24-4-7-28(39)8-5-24/h2-11,20,22,25,27,39H,12-19,21H2,1H3,(H,36,41).